The fourth-order valence-electron chi connectivity index (χ4n) is 8.87. The van der Waals surface area contributed by atoms with Gasteiger partial charge in [0, 0.05) is 12.6 Å². The number of amides is 4. The van der Waals surface area contributed by atoms with Crippen molar-refractivity contribution >= 4 is 29.6 Å². The van der Waals surface area contributed by atoms with E-state index >= 15 is 4.79 Å². The number of nitrogens with one attached hydrogen (secondary N) is 1. The van der Waals surface area contributed by atoms with Crippen LogP contribution < -0.4 is 11.1 Å². The molecule has 0 aromatic rings. The minimum absolute atomic E-state index is 0.0165. The standard InChI is InChI=1S/C35H56N4O6/c1-34(2,3)45-33(44)39(23-17-10-7-11-18-23)27(22-15-8-6-9-16-22)32(43)38-20-24-26(35(24,4)5)28(38)31(42)37-25(29(40)30(36)41)19-21-13-12-14-21/h21-28H,6-20H2,1-5H3,(H2,36,41)(H,37,42)/t24?,25?,26?,27-,28?/m0/s1. The Morgan fingerprint density at radius 2 is 1.51 bits per heavy atom. The third-order valence-electron chi connectivity index (χ3n) is 11.7. The first-order valence-electron chi connectivity index (χ1n) is 17.7. The molecule has 4 saturated carbocycles. The Hall–Kier alpha value is -2.65. The zero-order chi connectivity index (χ0) is 32.7. The topological polar surface area (TPSA) is 139 Å². The molecule has 3 N–H and O–H groups in total. The van der Waals surface area contributed by atoms with Crippen molar-refractivity contribution in [2.75, 3.05) is 6.54 Å². The first-order chi connectivity index (χ1) is 21.2. The monoisotopic (exact) mass is 628 g/mol. The lowest BCUT2D eigenvalue weighted by atomic mass is 9.80. The molecule has 0 spiro atoms. The largest absolute Gasteiger partial charge is 0.444 e. The Bertz CT molecular complexity index is 1150. The molecule has 0 aromatic carbocycles. The summed E-state index contributed by atoms with van der Waals surface area (Å²) in [5.41, 5.74) is 4.55. The molecule has 4 unspecified atom stereocenters. The summed E-state index contributed by atoms with van der Waals surface area (Å²) < 4.78 is 5.99. The maximum absolute atomic E-state index is 15.0. The molecule has 5 atom stereocenters. The molecule has 45 heavy (non-hydrogen) atoms. The van der Waals surface area contributed by atoms with E-state index in [0.29, 0.717) is 13.0 Å². The predicted molar refractivity (Wildman–Crippen MR) is 170 cm³/mol. The molecule has 10 heteroatoms. The van der Waals surface area contributed by atoms with Crippen LogP contribution in [-0.2, 0) is 23.9 Å². The number of carbonyl (C=O) groups is 5. The second-order valence-electron chi connectivity index (χ2n) is 16.2. The summed E-state index contributed by atoms with van der Waals surface area (Å²) in [7, 11) is 0. The summed E-state index contributed by atoms with van der Waals surface area (Å²) >= 11 is 0. The second-order valence-corrected chi connectivity index (χ2v) is 16.2. The van der Waals surface area contributed by atoms with E-state index in [1.807, 2.05) is 20.8 Å². The molecule has 10 nitrogen and oxygen atoms in total. The Morgan fingerprint density at radius 1 is 0.911 bits per heavy atom. The summed E-state index contributed by atoms with van der Waals surface area (Å²) in [6.07, 6.45) is 12.5. The van der Waals surface area contributed by atoms with Crippen molar-refractivity contribution < 1.29 is 28.7 Å². The van der Waals surface area contributed by atoms with Gasteiger partial charge in [-0.05, 0) is 82.0 Å². The van der Waals surface area contributed by atoms with Crippen molar-refractivity contribution in [2.45, 2.75) is 154 Å². The van der Waals surface area contributed by atoms with Gasteiger partial charge in [-0.25, -0.2) is 4.79 Å². The first kappa shape index (κ1) is 33.7. The van der Waals surface area contributed by atoms with Crippen LogP contribution in [0.5, 0.6) is 0 Å². The maximum atomic E-state index is 15.0. The molecular formula is C35H56N4O6. The van der Waals surface area contributed by atoms with Crippen LogP contribution in [0.25, 0.3) is 0 Å². The minimum atomic E-state index is -1.05. The van der Waals surface area contributed by atoms with Crippen molar-refractivity contribution in [3.8, 4) is 0 Å². The van der Waals surface area contributed by atoms with Crippen LogP contribution >= 0.6 is 0 Å². The second kappa shape index (κ2) is 13.2. The fraction of sp³-hybridized carbons (Fsp3) is 0.857. The molecule has 0 bridgehead atoms. The van der Waals surface area contributed by atoms with Gasteiger partial charge in [0.1, 0.15) is 17.7 Å². The highest BCUT2D eigenvalue weighted by Gasteiger charge is 2.70. The SMILES string of the molecule is CC(C)(C)OC(=O)N(C1CCCCC1)[C@H](C(=O)N1CC2C(C1C(=O)NC(CC1CCC1)C(=O)C(N)=O)C2(C)C)C1CCCCC1. The van der Waals surface area contributed by atoms with Crippen LogP contribution in [0.2, 0.25) is 0 Å². The molecular weight excluding hydrogens is 572 g/mol. The Morgan fingerprint density at radius 3 is 2.04 bits per heavy atom. The molecule has 4 aliphatic carbocycles. The van der Waals surface area contributed by atoms with E-state index in [0.717, 1.165) is 83.5 Å². The smallest absolute Gasteiger partial charge is 0.411 e. The third kappa shape index (κ3) is 7.19. The number of ether oxygens (including phenoxy) is 1. The minimum Gasteiger partial charge on any atom is -0.444 e. The van der Waals surface area contributed by atoms with E-state index in [-0.39, 0.29) is 41.0 Å². The highest BCUT2D eigenvalue weighted by molar-refractivity contribution is 6.37. The van der Waals surface area contributed by atoms with Crippen molar-refractivity contribution in [3.05, 3.63) is 0 Å². The molecule has 0 radical (unpaired) electrons. The molecule has 5 fully saturated rings. The van der Waals surface area contributed by atoms with E-state index in [1.165, 1.54) is 0 Å². The van der Waals surface area contributed by atoms with Crippen LogP contribution in [0, 0.1) is 29.1 Å². The van der Waals surface area contributed by atoms with Gasteiger partial charge in [0.05, 0.1) is 6.04 Å². The number of fused-ring (bicyclic) bond motifs is 1. The predicted octanol–water partition coefficient (Wildman–Crippen LogP) is 4.72. The van der Waals surface area contributed by atoms with Crippen molar-refractivity contribution in [3.63, 3.8) is 0 Å². The van der Waals surface area contributed by atoms with E-state index in [1.54, 1.807) is 9.80 Å². The lowest BCUT2D eigenvalue weighted by Gasteiger charge is -2.45. The number of primary amides is 1. The first-order valence-corrected chi connectivity index (χ1v) is 17.7. The number of hydrogen-bond donors (Lipinski definition) is 2. The number of rotatable bonds is 10. The van der Waals surface area contributed by atoms with Crippen LogP contribution in [0.4, 0.5) is 4.79 Å². The van der Waals surface area contributed by atoms with E-state index in [4.69, 9.17) is 10.5 Å². The third-order valence-corrected chi connectivity index (χ3v) is 11.7. The fourth-order valence-corrected chi connectivity index (χ4v) is 8.87. The average molecular weight is 629 g/mol. The van der Waals surface area contributed by atoms with E-state index in [2.05, 4.69) is 19.2 Å². The van der Waals surface area contributed by atoms with Gasteiger partial charge in [-0.2, -0.15) is 0 Å². The normalized spacial score (nSPS) is 28.3. The lowest BCUT2D eigenvalue weighted by Crippen LogP contribution is -2.62. The van der Waals surface area contributed by atoms with Crippen LogP contribution in [0.15, 0.2) is 0 Å². The van der Waals surface area contributed by atoms with E-state index < -0.39 is 47.4 Å². The quantitative estimate of drug-likeness (QED) is 0.336. The van der Waals surface area contributed by atoms with Crippen LogP contribution in [-0.4, -0.2) is 75.7 Å². The van der Waals surface area contributed by atoms with Gasteiger partial charge in [-0.3, -0.25) is 24.1 Å². The molecule has 4 amide bonds. The van der Waals surface area contributed by atoms with Gasteiger partial charge >= 0.3 is 6.09 Å². The van der Waals surface area contributed by atoms with Gasteiger partial charge in [0.2, 0.25) is 17.6 Å². The number of piperidine rings is 1. The Kier molecular flexibility index (Phi) is 9.91. The van der Waals surface area contributed by atoms with Crippen molar-refractivity contribution in [1.29, 1.82) is 0 Å². The number of hydrogen-bond acceptors (Lipinski definition) is 6. The highest BCUT2D eigenvalue weighted by Crippen LogP contribution is 2.65. The molecule has 5 rings (SSSR count). The van der Waals surface area contributed by atoms with Crippen molar-refractivity contribution in [2.24, 2.45) is 34.8 Å². The zero-order valence-electron chi connectivity index (χ0n) is 28.1. The summed E-state index contributed by atoms with van der Waals surface area (Å²) in [4.78, 5) is 71.5. The molecule has 252 valence electrons. The van der Waals surface area contributed by atoms with E-state index in [9.17, 15) is 19.2 Å². The number of nitrogens with two attached hydrogens (primary N) is 1. The molecule has 1 heterocycles. The molecule has 1 aliphatic heterocycles. The number of ketones is 1. The highest BCUT2D eigenvalue weighted by atomic mass is 16.6. The van der Waals surface area contributed by atoms with Crippen LogP contribution in [0.3, 0.4) is 0 Å². The lowest BCUT2D eigenvalue weighted by molar-refractivity contribution is -0.148. The van der Waals surface area contributed by atoms with Crippen LogP contribution in [0.1, 0.15) is 125 Å². The maximum Gasteiger partial charge on any atom is 0.411 e. The van der Waals surface area contributed by atoms with Gasteiger partial charge in [-0.1, -0.05) is 71.6 Å². The zero-order valence-corrected chi connectivity index (χ0v) is 28.1. The summed E-state index contributed by atoms with van der Waals surface area (Å²) in [5, 5.41) is 2.90. The van der Waals surface area contributed by atoms with Gasteiger partial charge in [0.25, 0.3) is 5.91 Å². The Balaban J connectivity index is 1.46. The number of likely N-dealkylation sites (tertiary alicyclic amines) is 1. The summed E-state index contributed by atoms with van der Waals surface area (Å²) in [6.45, 7) is 10.2. The number of Topliss-reactive ketones (excluding diaryl/α,β-unsaturated/α-hetero) is 1. The van der Waals surface area contributed by atoms with Crippen molar-refractivity contribution in [1.82, 2.24) is 15.1 Å². The van der Waals surface area contributed by atoms with Gasteiger partial charge in [-0.15, -0.1) is 0 Å². The Labute approximate surface area is 268 Å². The number of carbonyl (C=O) groups excluding carboxylic acids is 5. The molecule has 0 aromatic heterocycles. The summed E-state index contributed by atoms with van der Waals surface area (Å²) in [5.74, 6) is -2.09. The van der Waals surface area contributed by atoms with Gasteiger partial charge in [0.15, 0.2) is 0 Å². The summed E-state index contributed by atoms with van der Waals surface area (Å²) in [6, 6.07) is -2.57. The number of nitrogens with zero attached hydrogens (tertiary/aromatic N) is 2. The molecule has 1 saturated heterocycles. The molecule has 5 aliphatic rings. The average Bonchev–Trinajstić information content (AvgIpc) is 3.27. The van der Waals surface area contributed by atoms with Gasteiger partial charge < -0.3 is 20.7 Å².